The molecule has 0 radical (unpaired) electrons. The number of fused-ring (bicyclic) bond motifs is 2. The largest absolute Gasteiger partial charge is 0.493 e. The molecule has 1 aliphatic heterocycles. The van der Waals surface area contributed by atoms with E-state index in [-0.39, 0.29) is 24.1 Å². The average Bonchev–Trinajstić information content (AvgIpc) is 3.38. The molecule has 8 heteroatoms. The van der Waals surface area contributed by atoms with Gasteiger partial charge in [0.15, 0.2) is 11.5 Å². The molecular formula is C25H23N3O4S. The summed E-state index contributed by atoms with van der Waals surface area (Å²) in [5.41, 5.74) is 3.18. The van der Waals surface area contributed by atoms with Gasteiger partial charge in [0.1, 0.15) is 6.54 Å². The minimum absolute atomic E-state index is 0.0492. The number of carbonyl (C=O) groups excluding carboxylic acids is 1. The number of methoxy groups -OCH3 is 2. The van der Waals surface area contributed by atoms with Crippen molar-refractivity contribution in [1.82, 2.24) is 14.5 Å². The predicted octanol–water partition coefficient (Wildman–Crippen LogP) is 3.65. The van der Waals surface area contributed by atoms with Crippen LogP contribution in [-0.4, -0.2) is 41.1 Å². The summed E-state index contributed by atoms with van der Waals surface area (Å²) < 4.78 is 12.5. The summed E-state index contributed by atoms with van der Waals surface area (Å²) in [6, 6.07) is 15.1. The lowest BCUT2D eigenvalue weighted by Crippen LogP contribution is -2.43. The van der Waals surface area contributed by atoms with Crippen molar-refractivity contribution in [3.63, 3.8) is 0 Å². The lowest BCUT2D eigenvalue weighted by atomic mass is 9.90. The van der Waals surface area contributed by atoms with Crippen molar-refractivity contribution in [3.8, 4) is 11.5 Å². The second kappa shape index (κ2) is 8.71. The fraction of sp³-hybridized carbons (Fsp3) is 0.240. The van der Waals surface area contributed by atoms with Crippen molar-refractivity contribution in [2.45, 2.75) is 19.0 Å². The molecule has 1 atom stereocenters. The number of rotatable bonds is 5. The van der Waals surface area contributed by atoms with Crippen LogP contribution in [0.25, 0.3) is 11.0 Å². The van der Waals surface area contributed by atoms with Gasteiger partial charge in [0.05, 0.1) is 37.5 Å². The normalized spacial score (nSPS) is 15.3. The van der Waals surface area contributed by atoms with Gasteiger partial charge in [0.2, 0.25) is 5.91 Å². The minimum Gasteiger partial charge on any atom is -0.493 e. The number of amides is 1. The van der Waals surface area contributed by atoms with Crippen molar-refractivity contribution in [1.29, 1.82) is 0 Å². The van der Waals surface area contributed by atoms with Crippen LogP contribution in [0.1, 0.15) is 22.0 Å². The molecular weight excluding hydrogens is 438 g/mol. The van der Waals surface area contributed by atoms with E-state index >= 15 is 0 Å². The van der Waals surface area contributed by atoms with E-state index in [4.69, 9.17) is 9.47 Å². The summed E-state index contributed by atoms with van der Waals surface area (Å²) in [4.78, 5) is 33.4. The molecule has 0 bridgehead atoms. The van der Waals surface area contributed by atoms with Crippen LogP contribution in [0.2, 0.25) is 0 Å². The van der Waals surface area contributed by atoms with Crippen molar-refractivity contribution < 1.29 is 14.3 Å². The maximum atomic E-state index is 13.7. The van der Waals surface area contributed by atoms with Crippen LogP contribution in [0, 0.1) is 0 Å². The van der Waals surface area contributed by atoms with Crippen molar-refractivity contribution in [2.24, 2.45) is 0 Å². The summed E-state index contributed by atoms with van der Waals surface area (Å²) in [5, 5.41) is 2.01. The minimum atomic E-state index is -0.293. The number of benzene rings is 2. The van der Waals surface area contributed by atoms with Crippen LogP contribution < -0.4 is 15.0 Å². The predicted molar refractivity (Wildman–Crippen MR) is 127 cm³/mol. The first-order valence-electron chi connectivity index (χ1n) is 10.6. The van der Waals surface area contributed by atoms with Gasteiger partial charge in [-0.1, -0.05) is 18.2 Å². The highest BCUT2D eigenvalue weighted by atomic mass is 32.1. The van der Waals surface area contributed by atoms with Crippen LogP contribution in [0.15, 0.2) is 64.9 Å². The number of para-hydroxylation sites is 2. The van der Waals surface area contributed by atoms with E-state index in [9.17, 15) is 9.59 Å². The zero-order valence-corrected chi connectivity index (χ0v) is 19.2. The van der Waals surface area contributed by atoms with Gasteiger partial charge in [-0.25, -0.2) is 4.98 Å². The monoisotopic (exact) mass is 461 g/mol. The molecule has 5 rings (SSSR count). The maximum absolute atomic E-state index is 13.7. The van der Waals surface area contributed by atoms with Crippen LogP contribution >= 0.6 is 11.3 Å². The third kappa shape index (κ3) is 3.76. The quantitative estimate of drug-likeness (QED) is 0.454. The Balaban J connectivity index is 1.57. The Hall–Kier alpha value is -3.65. The third-order valence-electron chi connectivity index (χ3n) is 6.05. The molecule has 3 heterocycles. The third-order valence-corrected chi connectivity index (χ3v) is 6.98. The van der Waals surface area contributed by atoms with Crippen LogP contribution in [0.4, 0.5) is 0 Å². The fourth-order valence-corrected chi connectivity index (χ4v) is 5.33. The van der Waals surface area contributed by atoms with Crippen molar-refractivity contribution in [2.75, 3.05) is 20.8 Å². The molecule has 0 aliphatic carbocycles. The molecule has 2 aromatic heterocycles. The van der Waals surface area contributed by atoms with E-state index in [1.54, 1.807) is 25.6 Å². The fourth-order valence-electron chi connectivity index (χ4n) is 4.47. The van der Waals surface area contributed by atoms with E-state index < -0.39 is 0 Å². The SMILES string of the molecule is COc1cc2c(cc1OC)C(c1cccs1)N(C(=O)Cn1c(=O)cnc3ccccc31)CC2. The van der Waals surface area contributed by atoms with E-state index in [2.05, 4.69) is 4.98 Å². The molecule has 1 aliphatic rings. The molecule has 2 aromatic carbocycles. The van der Waals surface area contributed by atoms with Gasteiger partial charge >= 0.3 is 0 Å². The summed E-state index contributed by atoms with van der Waals surface area (Å²) in [6.45, 7) is 0.494. The number of thiophene rings is 1. The van der Waals surface area contributed by atoms with Gasteiger partial charge in [0, 0.05) is 11.4 Å². The number of nitrogens with zero attached hydrogens (tertiary/aromatic N) is 3. The highest BCUT2D eigenvalue weighted by Gasteiger charge is 2.34. The first-order chi connectivity index (χ1) is 16.1. The zero-order valence-electron chi connectivity index (χ0n) is 18.4. The van der Waals surface area contributed by atoms with Gasteiger partial charge in [-0.2, -0.15) is 0 Å². The first-order valence-corrected chi connectivity index (χ1v) is 11.5. The van der Waals surface area contributed by atoms with Crippen molar-refractivity contribution in [3.05, 3.63) is 86.5 Å². The topological polar surface area (TPSA) is 73.7 Å². The Bertz CT molecular complexity index is 1380. The molecule has 1 unspecified atom stereocenters. The summed E-state index contributed by atoms with van der Waals surface area (Å²) in [7, 11) is 3.23. The lowest BCUT2D eigenvalue weighted by molar-refractivity contribution is -0.133. The van der Waals surface area contributed by atoms with Crippen LogP contribution in [-0.2, 0) is 17.8 Å². The molecule has 7 nitrogen and oxygen atoms in total. The van der Waals surface area contributed by atoms with Gasteiger partial charge in [-0.3, -0.25) is 14.2 Å². The van der Waals surface area contributed by atoms with E-state index in [0.717, 1.165) is 16.0 Å². The second-order valence-electron chi connectivity index (χ2n) is 7.83. The summed E-state index contributed by atoms with van der Waals surface area (Å²) in [6.07, 6.45) is 1.96. The van der Waals surface area contributed by atoms with Crippen molar-refractivity contribution >= 4 is 28.3 Å². The smallest absolute Gasteiger partial charge is 0.269 e. The van der Waals surface area contributed by atoms with Crippen LogP contribution in [0.3, 0.4) is 0 Å². The van der Waals surface area contributed by atoms with E-state index in [0.29, 0.717) is 35.5 Å². The van der Waals surface area contributed by atoms with Gasteiger partial charge in [-0.15, -0.1) is 11.3 Å². The molecule has 0 saturated heterocycles. The number of ether oxygens (including phenoxy) is 2. The number of hydrogen-bond acceptors (Lipinski definition) is 6. The Kier molecular flexibility index (Phi) is 5.60. The molecule has 0 fully saturated rings. The van der Waals surface area contributed by atoms with E-state index in [1.807, 2.05) is 58.8 Å². The Morgan fingerprint density at radius 1 is 1.12 bits per heavy atom. The van der Waals surface area contributed by atoms with Gasteiger partial charge < -0.3 is 14.4 Å². The molecule has 1 amide bonds. The molecule has 168 valence electrons. The number of carbonyl (C=O) groups is 1. The molecule has 0 spiro atoms. The molecule has 0 N–H and O–H groups in total. The number of hydrogen-bond donors (Lipinski definition) is 0. The number of aromatic nitrogens is 2. The zero-order chi connectivity index (χ0) is 22.9. The first kappa shape index (κ1) is 21.2. The molecule has 0 saturated carbocycles. The highest BCUT2D eigenvalue weighted by Crippen LogP contribution is 2.42. The Morgan fingerprint density at radius 3 is 2.67 bits per heavy atom. The van der Waals surface area contributed by atoms with Crippen LogP contribution in [0.5, 0.6) is 11.5 Å². The van der Waals surface area contributed by atoms with Gasteiger partial charge in [0.25, 0.3) is 5.56 Å². The second-order valence-corrected chi connectivity index (χ2v) is 8.81. The summed E-state index contributed by atoms with van der Waals surface area (Å²) >= 11 is 1.61. The summed E-state index contributed by atoms with van der Waals surface area (Å²) in [5.74, 6) is 1.19. The standard InChI is InChI=1S/C25H23N3O4S/c1-31-20-12-16-9-10-27(25(22-8-5-11-33-22)17(16)13-21(20)32-2)24(30)15-28-19-7-4-3-6-18(19)26-14-23(28)29/h3-8,11-14,25H,9-10,15H2,1-2H3. The molecule has 33 heavy (non-hydrogen) atoms. The Labute approximate surface area is 194 Å². The lowest BCUT2D eigenvalue weighted by Gasteiger charge is -2.37. The Morgan fingerprint density at radius 2 is 1.91 bits per heavy atom. The molecule has 4 aromatic rings. The van der Waals surface area contributed by atoms with E-state index in [1.165, 1.54) is 10.8 Å². The average molecular weight is 462 g/mol. The van der Waals surface area contributed by atoms with Gasteiger partial charge in [-0.05, 0) is 53.3 Å². The highest BCUT2D eigenvalue weighted by molar-refractivity contribution is 7.10. The maximum Gasteiger partial charge on any atom is 0.269 e.